The molecule has 2 bridgehead atoms. The molecule has 9 N–H and O–H groups in total. The zero-order chi connectivity index (χ0) is 29.7. The van der Waals surface area contributed by atoms with E-state index in [2.05, 4.69) is 0 Å². The molecule has 3 aliphatic rings. The molecule has 0 spiro atoms. The van der Waals surface area contributed by atoms with Crippen molar-refractivity contribution < 1.29 is 60.2 Å². The zero-order valence-corrected chi connectivity index (χ0v) is 21.5. The monoisotopic (exact) mass is 576 g/mol. The third kappa shape index (κ3) is 3.42. The van der Waals surface area contributed by atoms with Gasteiger partial charge in [-0.2, -0.15) is 0 Å². The second-order valence-corrected chi connectivity index (χ2v) is 10.5. The van der Waals surface area contributed by atoms with E-state index >= 15 is 0 Å². The van der Waals surface area contributed by atoms with Crippen LogP contribution in [-0.2, 0) is 12.0 Å². The van der Waals surface area contributed by atoms with E-state index < -0.39 is 58.8 Å². The molecular formula is C30H24O12. The van der Waals surface area contributed by atoms with Gasteiger partial charge in [-0.25, -0.2) is 0 Å². The van der Waals surface area contributed by atoms with Crippen LogP contribution in [0.25, 0.3) is 0 Å². The lowest BCUT2D eigenvalue weighted by molar-refractivity contribution is -0.124. The fourth-order valence-electron chi connectivity index (χ4n) is 6.12. The van der Waals surface area contributed by atoms with Gasteiger partial charge in [0.05, 0.1) is 17.2 Å². The van der Waals surface area contributed by atoms with Crippen LogP contribution in [-0.4, -0.2) is 58.2 Å². The molecule has 0 aromatic heterocycles. The maximum absolute atomic E-state index is 11.8. The molecule has 3 heterocycles. The van der Waals surface area contributed by atoms with Gasteiger partial charge in [0.1, 0.15) is 46.7 Å². The van der Waals surface area contributed by atoms with Gasteiger partial charge in [-0.05, 0) is 29.8 Å². The summed E-state index contributed by atoms with van der Waals surface area (Å²) >= 11 is 0. The minimum Gasteiger partial charge on any atom is -0.508 e. The number of phenols is 7. The summed E-state index contributed by atoms with van der Waals surface area (Å²) < 4.78 is 18.5. The Morgan fingerprint density at radius 1 is 0.643 bits per heavy atom. The van der Waals surface area contributed by atoms with Crippen LogP contribution in [0.15, 0.2) is 54.6 Å². The second kappa shape index (κ2) is 8.65. The van der Waals surface area contributed by atoms with Crippen LogP contribution in [0.2, 0.25) is 0 Å². The number of benzene rings is 4. The van der Waals surface area contributed by atoms with Crippen molar-refractivity contribution in [3.8, 4) is 57.5 Å². The molecule has 3 aliphatic heterocycles. The van der Waals surface area contributed by atoms with Gasteiger partial charge in [0, 0.05) is 35.7 Å². The van der Waals surface area contributed by atoms with Gasteiger partial charge in [-0.15, -0.1) is 0 Å². The standard InChI is InChI=1S/C30H24O12/c31-13-7-19(36)24-22(8-13)42-30(12-2-4-16(33)18(35)6-12)25-23(41-28(24)29(30)39)10-21-14(26(25)38)9-20(37)27(40-21)11-1-3-15(32)17(34)5-11/h1-8,10,20,27-29,31-39H,9H2/t20-,27+,28-,29+,30-/m1/s1. The van der Waals surface area contributed by atoms with Crippen molar-refractivity contribution in [2.75, 3.05) is 0 Å². The summed E-state index contributed by atoms with van der Waals surface area (Å²) in [5.74, 6) is -2.94. The summed E-state index contributed by atoms with van der Waals surface area (Å²) in [6.45, 7) is 0. The van der Waals surface area contributed by atoms with Crippen LogP contribution < -0.4 is 14.2 Å². The van der Waals surface area contributed by atoms with Crippen LogP contribution in [0, 0.1) is 0 Å². The first-order valence-electron chi connectivity index (χ1n) is 12.9. The fourth-order valence-corrected chi connectivity index (χ4v) is 6.12. The summed E-state index contributed by atoms with van der Waals surface area (Å²) in [5.41, 5.74) is -1.47. The van der Waals surface area contributed by atoms with Gasteiger partial charge >= 0.3 is 0 Å². The Labute approximate surface area is 236 Å². The minimum absolute atomic E-state index is 0.0177. The van der Waals surface area contributed by atoms with Crippen LogP contribution in [0.1, 0.15) is 40.0 Å². The number of hydrogen-bond donors (Lipinski definition) is 9. The van der Waals surface area contributed by atoms with Crippen LogP contribution in [0.5, 0.6) is 57.5 Å². The maximum Gasteiger partial charge on any atom is 0.196 e. The Morgan fingerprint density at radius 2 is 1.33 bits per heavy atom. The van der Waals surface area contributed by atoms with E-state index in [1.54, 1.807) is 0 Å². The first kappa shape index (κ1) is 25.7. The third-order valence-corrected chi connectivity index (χ3v) is 8.07. The highest BCUT2D eigenvalue weighted by Gasteiger charge is 2.60. The molecule has 42 heavy (non-hydrogen) atoms. The van der Waals surface area contributed by atoms with Crippen LogP contribution in [0.3, 0.4) is 0 Å². The predicted molar refractivity (Wildman–Crippen MR) is 141 cm³/mol. The zero-order valence-electron chi connectivity index (χ0n) is 21.5. The lowest BCUT2D eigenvalue weighted by atomic mass is 9.72. The molecule has 0 unspecified atom stereocenters. The van der Waals surface area contributed by atoms with E-state index in [1.807, 2.05) is 0 Å². The van der Waals surface area contributed by atoms with Crippen molar-refractivity contribution in [1.82, 2.24) is 0 Å². The van der Waals surface area contributed by atoms with Crippen molar-refractivity contribution in [2.45, 2.75) is 36.4 Å². The number of ether oxygens (including phenoxy) is 3. The van der Waals surface area contributed by atoms with E-state index in [9.17, 15) is 46.0 Å². The fraction of sp³-hybridized carbons (Fsp3) is 0.200. The van der Waals surface area contributed by atoms with E-state index in [-0.39, 0.29) is 57.4 Å². The Kier molecular flexibility index (Phi) is 5.30. The molecule has 0 saturated carbocycles. The van der Waals surface area contributed by atoms with Crippen LogP contribution in [0.4, 0.5) is 0 Å². The molecule has 4 aromatic carbocycles. The Bertz CT molecular complexity index is 1790. The number of aliphatic hydroxyl groups is 2. The lowest BCUT2D eigenvalue weighted by Crippen LogP contribution is -2.55. The second-order valence-electron chi connectivity index (χ2n) is 10.5. The van der Waals surface area contributed by atoms with E-state index in [0.717, 1.165) is 12.1 Å². The molecule has 0 amide bonds. The normalized spacial score (nSPS) is 25.2. The van der Waals surface area contributed by atoms with Gasteiger partial charge in [0.25, 0.3) is 0 Å². The van der Waals surface area contributed by atoms with Crippen molar-refractivity contribution >= 4 is 0 Å². The highest BCUT2D eigenvalue weighted by atomic mass is 16.6. The van der Waals surface area contributed by atoms with Gasteiger partial charge in [-0.1, -0.05) is 12.1 Å². The number of phenolic OH excluding ortho intramolecular Hbond substituents is 7. The average Bonchev–Trinajstić information content (AvgIpc) is 2.93. The third-order valence-electron chi connectivity index (χ3n) is 8.07. The Hall–Kier alpha value is -5.20. The molecule has 4 aromatic rings. The van der Waals surface area contributed by atoms with E-state index in [4.69, 9.17) is 14.2 Å². The number of aliphatic hydroxyl groups excluding tert-OH is 2. The SMILES string of the molecule is Oc1cc(O)c2c(c1)O[C@]1(c3ccc(O)c(O)c3)c3c(cc4c(c3O)C[C@@H](O)[C@H](c3ccc(O)c(O)c3)O4)O[C@H]2[C@@H]1O. The topological polar surface area (TPSA) is 210 Å². The van der Waals surface area contributed by atoms with Crippen LogP contribution >= 0.6 is 0 Å². The highest BCUT2D eigenvalue weighted by Crippen LogP contribution is 2.62. The highest BCUT2D eigenvalue weighted by molar-refractivity contribution is 5.67. The van der Waals surface area contributed by atoms with E-state index in [1.165, 1.54) is 42.5 Å². The molecule has 0 saturated heterocycles. The van der Waals surface area contributed by atoms with Gasteiger partial charge in [-0.3, -0.25) is 0 Å². The lowest BCUT2D eigenvalue weighted by Gasteiger charge is -2.50. The Morgan fingerprint density at radius 3 is 2.05 bits per heavy atom. The first-order chi connectivity index (χ1) is 20.0. The number of aromatic hydroxyl groups is 7. The quantitative estimate of drug-likeness (QED) is 0.158. The summed E-state index contributed by atoms with van der Waals surface area (Å²) in [6.07, 6.45) is -5.29. The van der Waals surface area contributed by atoms with E-state index in [0.29, 0.717) is 5.56 Å². The van der Waals surface area contributed by atoms with Gasteiger partial charge in [0.2, 0.25) is 0 Å². The predicted octanol–water partition coefficient (Wildman–Crippen LogP) is 2.79. The van der Waals surface area contributed by atoms with Gasteiger partial charge in [0.15, 0.2) is 34.7 Å². The summed E-state index contributed by atoms with van der Waals surface area (Å²) in [6, 6.07) is 11.4. The van der Waals surface area contributed by atoms with Gasteiger partial charge < -0.3 is 60.2 Å². The smallest absolute Gasteiger partial charge is 0.196 e. The average molecular weight is 577 g/mol. The molecule has 5 atom stereocenters. The minimum atomic E-state index is -2.00. The largest absolute Gasteiger partial charge is 0.508 e. The number of rotatable bonds is 2. The Balaban J connectivity index is 1.45. The molecule has 0 fully saturated rings. The molecule has 12 heteroatoms. The molecule has 216 valence electrons. The number of fused-ring (bicyclic) bond motifs is 7. The maximum atomic E-state index is 11.8. The van der Waals surface area contributed by atoms with Crippen molar-refractivity contribution in [3.05, 3.63) is 82.4 Å². The molecule has 12 nitrogen and oxygen atoms in total. The first-order valence-corrected chi connectivity index (χ1v) is 12.9. The molecule has 0 radical (unpaired) electrons. The number of hydrogen-bond acceptors (Lipinski definition) is 12. The summed E-state index contributed by atoms with van der Waals surface area (Å²) in [4.78, 5) is 0. The molecule has 7 rings (SSSR count). The summed E-state index contributed by atoms with van der Waals surface area (Å²) in [5, 5.41) is 95.4. The summed E-state index contributed by atoms with van der Waals surface area (Å²) in [7, 11) is 0. The van der Waals surface area contributed by atoms with Crippen molar-refractivity contribution in [2.24, 2.45) is 0 Å². The molecular weight excluding hydrogens is 552 g/mol. The molecule has 0 aliphatic carbocycles. The van der Waals surface area contributed by atoms with Crippen molar-refractivity contribution in [3.63, 3.8) is 0 Å². The van der Waals surface area contributed by atoms with Crippen molar-refractivity contribution in [1.29, 1.82) is 0 Å².